The Morgan fingerprint density at radius 3 is 3.18 bits per heavy atom. The Morgan fingerprint density at radius 2 is 2.64 bits per heavy atom. The molecule has 0 aliphatic heterocycles. The van der Waals surface area contributed by atoms with Crippen molar-refractivity contribution >= 4 is 17.7 Å². The van der Waals surface area contributed by atoms with E-state index in [4.69, 9.17) is 5.11 Å². The molecule has 60 valence electrons. The van der Waals surface area contributed by atoms with Crippen LogP contribution in [0.25, 0.3) is 0 Å². The molecule has 1 aromatic rings. The first-order valence-corrected chi connectivity index (χ1v) is 4.10. The van der Waals surface area contributed by atoms with Crippen molar-refractivity contribution in [2.75, 3.05) is 6.26 Å². The van der Waals surface area contributed by atoms with Gasteiger partial charge in [-0.15, -0.1) is 10.2 Å². The zero-order valence-corrected chi connectivity index (χ0v) is 6.71. The highest BCUT2D eigenvalue weighted by Crippen LogP contribution is 2.08. The fraction of sp³-hybridized carbons (Fsp3) is 0.400. The van der Waals surface area contributed by atoms with Crippen molar-refractivity contribution < 1.29 is 9.90 Å². The molecule has 0 aromatic carbocycles. The number of carbonyl (C=O) groups is 1. The lowest BCUT2D eigenvalue weighted by Crippen LogP contribution is -2.08. The van der Waals surface area contributed by atoms with Gasteiger partial charge in [-0.3, -0.25) is 9.36 Å². The van der Waals surface area contributed by atoms with Gasteiger partial charge in [-0.1, -0.05) is 11.8 Å². The lowest BCUT2D eigenvalue weighted by molar-refractivity contribution is -0.137. The van der Waals surface area contributed by atoms with Crippen molar-refractivity contribution in [1.29, 1.82) is 0 Å². The van der Waals surface area contributed by atoms with Crippen LogP contribution in [0, 0.1) is 0 Å². The summed E-state index contributed by atoms with van der Waals surface area (Å²) in [7, 11) is 0. The quantitative estimate of drug-likeness (QED) is 0.656. The van der Waals surface area contributed by atoms with Gasteiger partial charge in [0.2, 0.25) is 0 Å². The van der Waals surface area contributed by atoms with Crippen LogP contribution in [0.4, 0.5) is 0 Å². The van der Waals surface area contributed by atoms with Crippen LogP contribution in [0.5, 0.6) is 0 Å². The number of hydrogen-bond donors (Lipinski definition) is 1. The Labute approximate surface area is 67.4 Å². The lowest BCUT2D eigenvalue weighted by atomic mass is 10.6. The third kappa shape index (κ3) is 1.94. The smallest absolute Gasteiger partial charge is 0.323 e. The van der Waals surface area contributed by atoms with E-state index in [0.717, 1.165) is 0 Å². The van der Waals surface area contributed by atoms with Gasteiger partial charge in [0.1, 0.15) is 12.9 Å². The van der Waals surface area contributed by atoms with E-state index < -0.39 is 5.97 Å². The van der Waals surface area contributed by atoms with Crippen LogP contribution in [0.2, 0.25) is 0 Å². The van der Waals surface area contributed by atoms with E-state index in [1.807, 2.05) is 6.26 Å². The Hall–Kier alpha value is -1.04. The third-order valence-corrected chi connectivity index (χ3v) is 1.75. The topological polar surface area (TPSA) is 68.0 Å². The van der Waals surface area contributed by atoms with Crippen LogP contribution >= 0.6 is 11.8 Å². The zero-order valence-electron chi connectivity index (χ0n) is 5.89. The molecule has 0 saturated heterocycles. The standard InChI is InChI=1S/C5H7N3O2S/c1-11-5-7-6-3-8(5)2-4(9)10/h3H,2H2,1H3,(H,9,10). The van der Waals surface area contributed by atoms with Gasteiger partial charge in [0.25, 0.3) is 0 Å². The predicted octanol–water partition coefficient (Wildman–Crippen LogP) is 0.0846. The molecule has 0 aliphatic carbocycles. The highest BCUT2D eigenvalue weighted by molar-refractivity contribution is 7.98. The summed E-state index contributed by atoms with van der Waals surface area (Å²) < 4.78 is 1.48. The van der Waals surface area contributed by atoms with Crippen LogP contribution in [0.3, 0.4) is 0 Å². The number of carboxylic acid groups (broad SMARTS) is 1. The molecule has 1 rings (SSSR count). The third-order valence-electron chi connectivity index (χ3n) is 1.07. The van der Waals surface area contributed by atoms with Gasteiger partial charge < -0.3 is 5.11 Å². The zero-order chi connectivity index (χ0) is 8.27. The molecule has 0 aliphatic rings. The fourth-order valence-electron chi connectivity index (χ4n) is 0.657. The number of rotatable bonds is 3. The van der Waals surface area contributed by atoms with E-state index in [9.17, 15) is 4.79 Å². The van der Waals surface area contributed by atoms with Crippen molar-refractivity contribution in [2.24, 2.45) is 0 Å². The largest absolute Gasteiger partial charge is 0.480 e. The van der Waals surface area contributed by atoms with E-state index in [0.29, 0.717) is 5.16 Å². The first-order chi connectivity index (χ1) is 5.24. The second kappa shape index (κ2) is 3.38. The lowest BCUT2D eigenvalue weighted by Gasteiger charge is -1.97. The van der Waals surface area contributed by atoms with E-state index in [2.05, 4.69) is 10.2 Å². The molecule has 6 heteroatoms. The summed E-state index contributed by atoms with van der Waals surface area (Å²) in [6.45, 7) is -0.0802. The molecule has 0 fully saturated rings. The van der Waals surface area contributed by atoms with Crippen LogP contribution < -0.4 is 0 Å². The second-order valence-electron chi connectivity index (χ2n) is 1.84. The number of hydrogen-bond acceptors (Lipinski definition) is 4. The summed E-state index contributed by atoms with van der Waals surface area (Å²) in [5.41, 5.74) is 0. The Balaban J connectivity index is 2.76. The molecule has 0 radical (unpaired) electrons. The van der Waals surface area contributed by atoms with Gasteiger partial charge in [0, 0.05) is 0 Å². The van der Waals surface area contributed by atoms with Crippen molar-refractivity contribution in [3.63, 3.8) is 0 Å². The Bertz CT molecular complexity index is 260. The number of nitrogens with zero attached hydrogens (tertiary/aromatic N) is 3. The average molecular weight is 173 g/mol. The molecule has 0 unspecified atom stereocenters. The molecule has 1 heterocycles. The SMILES string of the molecule is CSc1nncn1CC(=O)O. The molecule has 1 N–H and O–H groups in total. The number of aliphatic carboxylic acids is 1. The van der Waals surface area contributed by atoms with Gasteiger partial charge in [-0.25, -0.2) is 0 Å². The van der Waals surface area contributed by atoms with Crippen molar-refractivity contribution in [1.82, 2.24) is 14.8 Å². The van der Waals surface area contributed by atoms with Crippen molar-refractivity contribution in [2.45, 2.75) is 11.7 Å². The summed E-state index contributed by atoms with van der Waals surface area (Å²) in [6, 6.07) is 0. The fourth-order valence-corrected chi connectivity index (χ4v) is 1.13. The molecule has 0 atom stereocenters. The van der Waals surface area contributed by atoms with Gasteiger partial charge in [0.05, 0.1) is 0 Å². The van der Waals surface area contributed by atoms with E-state index >= 15 is 0 Å². The highest BCUT2D eigenvalue weighted by atomic mass is 32.2. The van der Waals surface area contributed by atoms with E-state index in [-0.39, 0.29) is 6.54 Å². The number of thioether (sulfide) groups is 1. The minimum Gasteiger partial charge on any atom is -0.480 e. The average Bonchev–Trinajstić information content (AvgIpc) is 2.34. The molecule has 0 saturated carbocycles. The maximum Gasteiger partial charge on any atom is 0.323 e. The maximum absolute atomic E-state index is 10.2. The summed E-state index contributed by atoms with van der Waals surface area (Å²) in [4.78, 5) is 10.2. The monoisotopic (exact) mass is 173 g/mol. The Morgan fingerprint density at radius 1 is 1.91 bits per heavy atom. The molecule has 0 spiro atoms. The molecule has 0 amide bonds. The summed E-state index contributed by atoms with van der Waals surface area (Å²) in [5.74, 6) is -0.889. The van der Waals surface area contributed by atoms with Gasteiger partial charge in [-0.05, 0) is 6.26 Å². The van der Waals surface area contributed by atoms with E-state index in [1.165, 1.54) is 22.7 Å². The summed E-state index contributed by atoms with van der Waals surface area (Å²) in [6.07, 6.45) is 3.22. The second-order valence-corrected chi connectivity index (χ2v) is 2.61. The van der Waals surface area contributed by atoms with E-state index in [1.54, 1.807) is 0 Å². The predicted molar refractivity (Wildman–Crippen MR) is 39.4 cm³/mol. The molecule has 1 aromatic heterocycles. The first-order valence-electron chi connectivity index (χ1n) is 2.87. The number of carboxylic acids is 1. The number of aromatic nitrogens is 3. The maximum atomic E-state index is 10.2. The van der Waals surface area contributed by atoms with Crippen LogP contribution in [0.1, 0.15) is 0 Å². The molecular weight excluding hydrogens is 166 g/mol. The Kier molecular flexibility index (Phi) is 2.48. The van der Waals surface area contributed by atoms with Crippen molar-refractivity contribution in [3.8, 4) is 0 Å². The molecule has 5 nitrogen and oxygen atoms in total. The highest BCUT2D eigenvalue weighted by Gasteiger charge is 2.04. The van der Waals surface area contributed by atoms with Crippen LogP contribution in [0.15, 0.2) is 11.5 Å². The van der Waals surface area contributed by atoms with Gasteiger partial charge in [0.15, 0.2) is 5.16 Å². The van der Waals surface area contributed by atoms with Gasteiger partial charge >= 0.3 is 5.97 Å². The van der Waals surface area contributed by atoms with Crippen LogP contribution in [-0.2, 0) is 11.3 Å². The van der Waals surface area contributed by atoms with Crippen LogP contribution in [-0.4, -0.2) is 32.1 Å². The summed E-state index contributed by atoms with van der Waals surface area (Å²) in [5, 5.41) is 16.3. The summed E-state index contributed by atoms with van der Waals surface area (Å²) >= 11 is 1.37. The molecule has 11 heavy (non-hydrogen) atoms. The molecule has 0 bridgehead atoms. The minimum absolute atomic E-state index is 0.0802. The normalized spacial score (nSPS) is 9.91. The first kappa shape index (κ1) is 8.06. The minimum atomic E-state index is -0.889. The van der Waals surface area contributed by atoms with Crippen molar-refractivity contribution in [3.05, 3.63) is 6.33 Å². The van der Waals surface area contributed by atoms with Gasteiger partial charge in [-0.2, -0.15) is 0 Å². The molecular formula is C5H7N3O2S.